The summed E-state index contributed by atoms with van der Waals surface area (Å²) in [6.45, 7) is 2.99. The van der Waals surface area contributed by atoms with E-state index in [1.165, 1.54) is 0 Å². The van der Waals surface area contributed by atoms with Crippen molar-refractivity contribution in [2.45, 2.75) is 37.6 Å². The third-order valence-electron chi connectivity index (χ3n) is 4.43. The molecule has 8 heteroatoms. The van der Waals surface area contributed by atoms with Crippen molar-refractivity contribution in [3.05, 3.63) is 0 Å². The molecule has 128 valence electrons. The maximum Gasteiger partial charge on any atom is 0.391 e. The Labute approximate surface area is 128 Å². The maximum atomic E-state index is 12.4. The smallest absolute Gasteiger partial charge is 0.391 e. The van der Waals surface area contributed by atoms with Crippen molar-refractivity contribution in [1.29, 1.82) is 0 Å². The lowest BCUT2D eigenvalue weighted by Crippen LogP contribution is -2.54. The monoisotopic (exact) mass is 323 g/mol. The number of hydrogen-bond donors (Lipinski definition) is 1. The molecule has 0 radical (unpaired) electrons. The van der Waals surface area contributed by atoms with Crippen LogP contribution in [0.1, 0.15) is 19.3 Å². The number of nitrogens with zero attached hydrogens (tertiary/aromatic N) is 3. The van der Waals surface area contributed by atoms with E-state index in [-0.39, 0.29) is 18.5 Å². The van der Waals surface area contributed by atoms with Crippen LogP contribution in [-0.2, 0) is 4.79 Å². The lowest BCUT2D eigenvalue weighted by molar-refractivity contribution is -0.155. The zero-order valence-corrected chi connectivity index (χ0v) is 12.8. The van der Waals surface area contributed by atoms with Gasteiger partial charge in [0.15, 0.2) is 0 Å². The number of carbonyl (C=O) groups is 1. The molecule has 2 rings (SSSR count). The van der Waals surface area contributed by atoms with Gasteiger partial charge in [0.1, 0.15) is 0 Å². The molecule has 2 aliphatic rings. The molecule has 1 amide bonds. The number of amides is 1. The van der Waals surface area contributed by atoms with Crippen molar-refractivity contribution in [3.63, 3.8) is 0 Å². The third kappa shape index (κ3) is 4.82. The molecule has 2 fully saturated rings. The molecule has 0 aromatic heterocycles. The minimum absolute atomic E-state index is 0.00483. The van der Waals surface area contributed by atoms with Crippen LogP contribution in [0.15, 0.2) is 0 Å². The normalized spacial score (nSPS) is 26.4. The minimum atomic E-state index is -4.34. The second kappa shape index (κ2) is 7.14. The van der Waals surface area contributed by atoms with Gasteiger partial charge in [0.25, 0.3) is 0 Å². The average molecular weight is 323 g/mol. The zero-order valence-electron chi connectivity index (χ0n) is 12.8. The summed E-state index contributed by atoms with van der Waals surface area (Å²) < 4.78 is 36.6. The van der Waals surface area contributed by atoms with E-state index in [9.17, 15) is 23.1 Å². The Kier molecular flexibility index (Phi) is 5.68. The maximum absolute atomic E-state index is 12.4. The first-order chi connectivity index (χ1) is 10.3. The summed E-state index contributed by atoms with van der Waals surface area (Å²) in [5, 5.41) is 9.47. The number of hydrogen-bond acceptors (Lipinski definition) is 4. The fourth-order valence-corrected chi connectivity index (χ4v) is 3.21. The van der Waals surface area contributed by atoms with E-state index >= 15 is 0 Å². The molecule has 0 bridgehead atoms. The fraction of sp³-hybridized carbons (Fsp3) is 0.929. The van der Waals surface area contributed by atoms with Crippen LogP contribution in [0.2, 0.25) is 0 Å². The standard InChI is InChI=1S/C14H24F3N3O2/c1-18-4-2-3-12(18)13(22)20-7-5-19(6-8-20)10-11(21)9-14(15,16)17/h11-12,21H,2-10H2,1H3/t11-,12-/m1/s1. The summed E-state index contributed by atoms with van der Waals surface area (Å²) in [5.41, 5.74) is 0. The van der Waals surface area contributed by atoms with Crippen molar-refractivity contribution < 1.29 is 23.1 Å². The Morgan fingerprint density at radius 2 is 1.86 bits per heavy atom. The summed E-state index contributed by atoms with van der Waals surface area (Å²) >= 11 is 0. The van der Waals surface area contributed by atoms with E-state index in [4.69, 9.17) is 0 Å². The van der Waals surface area contributed by atoms with Crippen molar-refractivity contribution in [2.75, 3.05) is 46.3 Å². The summed E-state index contributed by atoms with van der Waals surface area (Å²) in [6.07, 6.45) is -5.03. The Morgan fingerprint density at radius 3 is 2.36 bits per heavy atom. The number of piperazine rings is 1. The number of likely N-dealkylation sites (tertiary alicyclic amines) is 1. The molecule has 0 saturated carbocycles. The van der Waals surface area contributed by atoms with Crippen LogP contribution in [-0.4, -0.2) is 90.4 Å². The predicted octanol–water partition coefficient (Wildman–Crippen LogP) is 0.538. The van der Waals surface area contributed by atoms with Gasteiger partial charge in [0.05, 0.1) is 18.6 Å². The van der Waals surface area contributed by atoms with Gasteiger partial charge in [-0.2, -0.15) is 13.2 Å². The molecule has 0 unspecified atom stereocenters. The summed E-state index contributed by atoms with van der Waals surface area (Å²) in [7, 11) is 1.94. The number of carbonyl (C=O) groups excluding carboxylic acids is 1. The Hall–Kier alpha value is -0.860. The molecule has 1 N–H and O–H groups in total. The SMILES string of the molecule is CN1CCC[C@@H]1C(=O)N1CCN(C[C@H](O)CC(F)(F)F)CC1. The number of likely N-dealkylation sites (N-methyl/N-ethyl adjacent to an activating group) is 1. The van der Waals surface area contributed by atoms with Crippen molar-refractivity contribution in [2.24, 2.45) is 0 Å². The van der Waals surface area contributed by atoms with Gasteiger partial charge in [-0.05, 0) is 26.4 Å². The molecule has 0 aliphatic carbocycles. The van der Waals surface area contributed by atoms with Crippen LogP contribution in [0.5, 0.6) is 0 Å². The average Bonchev–Trinajstić information content (AvgIpc) is 2.83. The van der Waals surface area contributed by atoms with Crippen molar-refractivity contribution in [1.82, 2.24) is 14.7 Å². The summed E-state index contributed by atoms with van der Waals surface area (Å²) in [4.78, 5) is 18.0. The van der Waals surface area contributed by atoms with Crippen LogP contribution in [0.3, 0.4) is 0 Å². The van der Waals surface area contributed by atoms with E-state index in [0.717, 1.165) is 19.4 Å². The second-order valence-corrected chi connectivity index (χ2v) is 6.24. The van der Waals surface area contributed by atoms with Gasteiger partial charge < -0.3 is 10.0 Å². The van der Waals surface area contributed by atoms with Gasteiger partial charge in [-0.15, -0.1) is 0 Å². The molecule has 0 aromatic carbocycles. The predicted molar refractivity (Wildman–Crippen MR) is 75.4 cm³/mol. The zero-order chi connectivity index (χ0) is 16.3. The number of aliphatic hydroxyl groups excluding tert-OH is 1. The topological polar surface area (TPSA) is 47.0 Å². The molecule has 0 aromatic rings. The number of alkyl halides is 3. The highest BCUT2D eigenvalue weighted by atomic mass is 19.4. The summed E-state index contributed by atoms with van der Waals surface area (Å²) in [5.74, 6) is 0.121. The molecule has 0 spiro atoms. The molecule has 2 heterocycles. The van der Waals surface area contributed by atoms with Crippen LogP contribution in [0, 0.1) is 0 Å². The fourth-order valence-electron chi connectivity index (χ4n) is 3.21. The Balaban J connectivity index is 1.74. The van der Waals surface area contributed by atoms with E-state index in [1.54, 1.807) is 9.80 Å². The molecular weight excluding hydrogens is 299 g/mol. The van der Waals surface area contributed by atoms with Gasteiger partial charge in [-0.1, -0.05) is 0 Å². The largest absolute Gasteiger partial charge is 0.391 e. The third-order valence-corrected chi connectivity index (χ3v) is 4.43. The molecule has 2 atom stereocenters. The Morgan fingerprint density at radius 1 is 1.23 bits per heavy atom. The lowest BCUT2D eigenvalue weighted by atomic mass is 10.1. The van der Waals surface area contributed by atoms with Crippen molar-refractivity contribution >= 4 is 5.91 Å². The second-order valence-electron chi connectivity index (χ2n) is 6.24. The quantitative estimate of drug-likeness (QED) is 0.820. The molecule has 22 heavy (non-hydrogen) atoms. The summed E-state index contributed by atoms with van der Waals surface area (Å²) in [6, 6.07) is -0.0534. The highest BCUT2D eigenvalue weighted by Crippen LogP contribution is 2.22. The molecule has 2 aliphatic heterocycles. The number of rotatable bonds is 4. The van der Waals surface area contributed by atoms with E-state index in [2.05, 4.69) is 4.90 Å². The van der Waals surface area contributed by atoms with Crippen LogP contribution in [0.25, 0.3) is 0 Å². The number of halogens is 3. The highest BCUT2D eigenvalue weighted by molar-refractivity contribution is 5.82. The van der Waals surface area contributed by atoms with Gasteiger partial charge in [0, 0.05) is 32.7 Å². The first-order valence-corrected chi connectivity index (χ1v) is 7.72. The lowest BCUT2D eigenvalue weighted by Gasteiger charge is -2.37. The van der Waals surface area contributed by atoms with Crippen LogP contribution < -0.4 is 0 Å². The highest BCUT2D eigenvalue weighted by Gasteiger charge is 2.34. The molecule has 5 nitrogen and oxygen atoms in total. The van der Waals surface area contributed by atoms with Crippen LogP contribution >= 0.6 is 0 Å². The number of β-amino-alcohol motifs (C(OH)–C–C–N with tert-alkyl or cyclic N) is 1. The van der Waals surface area contributed by atoms with Gasteiger partial charge in [-0.25, -0.2) is 0 Å². The van der Waals surface area contributed by atoms with Gasteiger partial charge in [0.2, 0.25) is 5.91 Å². The van der Waals surface area contributed by atoms with Crippen LogP contribution in [0.4, 0.5) is 13.2 Å². The molecule has 2 saturated heterocycles. The van der Waals surface area contributed by atoms with Gasteiger partial charge >= 0.3 is 6.18 Å². The first-order valence-electron chi connectivity index (χ1n) is 7.72. The van der Waals surface area contributed by atoms with E-state index in [1.807, 2.05) is 7.05 Å². The minimum Gasteiger partial charge on any atom is -0.391 e. The Bertz CT molecular complexity index is 384. The first kappa shape index (κ1) is 17.5. The van der Waals surface area contributed by atoms with E-state index < -0.39 is 18.7 Å². The number of aliphatic hydroxyl groups is 1. The van der Waals surface area contributed by atoms with Gasteiger partial charge in [-0.3, -0.25) is 14.6 Å². The van der Waals surface area contributed by atoms with E-state index in [0.29, 0.717) is 26.2 Å². The van der Waals surface area contributed by atoms with Crippen molar-refractivity contribution in [3.8, 4) is 0 Å². The molecular formula is C14H24F3N3O2.